The lowest BCUT2D eigenvalue weighted by Crippen LogP contribution is -2.32. The molecule has 1 fully saturated rings. The maximum absolute atomic E-state index is 6.01. The maximum Gasteiger partial charge on any atom is 0.115 e. The second kappa shape index (κ2) is 6.54. The maximum atomic E-state index is 6.01. The van der Waals surface area contributed by atoms with Gasteiger partial charge < -0.3 is 10.1 Å². The van der Waals surface area contributed by atoms with E-state index in [-0.39, 0.29) is 12.1 Å². The third-order valence-electron chi connectivity index (χ3n) is 4.41. The summed E-state index contributed by atoms with van der Waals surface area (Å²) < 4.78 is 9.75. The molecule has 1 aliphatic heterocycles. The summed E-state index contributed by atoms with van der Waals surface area (Å²) in [7, 11) is 1.90. The number of rotatable bonds is 5. The third kappa shape index (κ3) is 2.83. The van der Waals surface area contributed by atoms with Gasteiger partial charge in [-0.15, -0.1) is 5.10 Å². The summed E-state index contributed by atoms with van der Waals surface area (Å²) in [6.07, 6.45) is 4.56. The average molecular weight is 324 g/mol. The van der Waals surface area contributed by atoms with Crippen LogP contribution in [-0.2, 0) is 18.3 Å². The van der Waals surface area contributed by atoms with Crippen LogP contribution in [0.1, 0.15) is 23.9 Å². The number of nitrogens with zero attached hydrogens (tertiary/aromatic N) is 5. The number of hydrogen-bond acceptors (Lipinski definition) is 5. The molecule has 7 nitrogen and oxygen atoms in total. The Morgan fingerprint density at radius 1 is 1.25 bits per heavy atom. The van der Waals surface area contributed by atoms with E-state index in [9.17, 15) is 0 Å². The van der Waals surface area contributed by atoms with Crippen LogP contribution in [0.25, 0.3) is 5.69 Å². The van der Waals surface area contributed by atoms with Crippen molar-refractivity contribution < 1.29 is 4.74 Å². The summed E-state index contributed by atoms with van der Waals surface area (Å²) in [6, 6.07) is 12.4. The number of nitrogens with one attached hydrogen (secondary N) is 1. The molecule has 0 aliphatic carbocycles. The summed E-state index contributed by atoms with van der Waals surface area (Å²) in [5.74, 6) is 0. The topological polar surface area (TPSA) is 69.8 Å². The van der Waals surface area contributed by atoms with Crippen molar-refractivity contribution in [3.05, 3.63) is 60.2 Å². The van der Waals surface area contributed by atoms with Gasteiger partial charge >= 0.3 is 0 Å². The molecule has 0 saturated carbocycles. The number of para-hydroxylation sites is 1. The van der Waals surface area contributed by atoms with Crippen LogP contribution in [0.4, 0.5) is 0 Å². The first-order valence-electron chi connectivity index (χ1n) is 8.11. The first-order chi connectivity index (χ1) is 11.8. The normalized spacial score (nSPS) is 20.5. The molecule has 0 spiro atoms. The molecule has 0 bridgehead atoms. The van der Waals surface area contributed by atoms with Crippen molar-refractivity contribution in [2.24, 2.45) is 7.05 Å². The van der Waals surface area contributed by atoms with Crippen LogP contribution in [0.5, 0.6) is 0 Å². The van der Waals surface area contributed by atoms with E-state index in [1.54, 1.807) is 10.9 Å². The Hall–Kier alpha value is -2.51. The first-order valence-corrected chi connectivity index (χ1v) is 8.11. The Kier molecular flexibility index (Phi) is 4.10. The Morgan fingerprint density at radius 3 is 2.92 bits per heavy atom. The minimum Gasteiger partial charge on any atom is -0.370 e. The predicted octanol–water partition coefficient (Wildman–Crippen LogP) is 1.62. The summed E-state index contributed by atoms with van der Waals surface area (Å²) in [5, 5.41) is 15.9. The third-order valence-corrected chi connectivity index (χ3v) is 4.41. The summed E-state index contributed by atoms with van der Waals surface area (Å²) >= 11 is 0. The molecular formula is C17H20N6O. The van der Waals surface area contributed by atoms with Crippen LogP contribution < -0.4 is 5.32 Å². The van der Waals surface area contributed by atoms with Crippen LogP contribution in [-0.4, -0.2) is 37.4 Å². The molecular weight excluding hydrogens is 304 g/mol. The quantitative estimate of drug-likeness (QED) is 0.772. The molecule has 0 radical (unpaired) electrons. The van der Waals surface area contributed by atoms with E-state index >= 15 is 0 Å². The predicted molar refractivity (Wildman–Crippen MR) is 88.5 cm³/mol. The zero-order valence-corrected chi connectivity index (χ0v) is 13.5. The fourth-order valence-corrected chi connectivity index (χ4v) is 3.11. The SMILES string of the molecule is Cn1nncc1CN[C@H]1CCO[C@@H]1c1ccnn1-c1ccccc1. The highest BCUT2D eigenvalue weighted by Crippen LogP contribution is 2.30. The van der Waals surface area contributed by atoms with Gasteiger partial charge in [0.25, 0.3) is 0 Å². The highest BCUT2D eigenvalue weighted by atomic mass is 16.5. The molecule has 24 heavy (non-hydrogen) atoms. The van der Waals surface area contributed by atoms with Gasteiger partial charge in [0.15, 0.2) is 0 Å². The number of aryl methyl sites for hydroxylation is 1. The molecule has 4 rings (SSSR count). The van der Waals surface area contributed by atoms with E-state index < -0.39 is 0 Å². The highest BCUT2D eigenvalue weighted by Gasteiger charge is 2.32. The van der Waals surface area contributed by atoms with Crippen molar-refractivity contribution in [3.63, 3.8) is 0 Å². The van der Waals surface area contributed by atoms with Gasteiger partial charge in [-0.1, -0.05) is 23.4 Å². The number of hydrogen-bond donors (Lipinski definition) is 1. The Balaban J connectivity index is 1.53. The van der Waals surface area contributed by atoms with Crippen molar-refractivity contribution in [1.82, 2.24) is 30.1 Å². The van der Waals surface area contributed by atoms with E-state index in [1.807, 2.05) is 42.2 Å². The molecule has 1 aliphatic rings. The van der Waals surface area contributed by atoms with Crippen LogP contribution in [0, 0.1) is 0 Å². The Bertz CT molecular complexity index is 796. The Labute approximate surface area is 140 Å². The van der Waals surface area contributed by atoms with E-state index in [4.69, 9.17) is 4.74 Å². The van der Waals surface area contributed by atoms with E-state index in [0.717, 1.165) is 30.1 Å². The lowest BCUT2D eigenvalue weighted by molar-refractivity contribution is 0.0930. The zero-order chi connectivity index (χ0) is 16.4. The van der Waals surface area contributed by atoms with Crippen molar-refractivity contribution in [2.45, 2.75) is 25.1 Å². The number of ether oxygens (including phenoxy) is 1. The minimum atomic E-state index is -0.0195. The highest BCUT2D eigenvalue weighted by molar-refractivity contribution is 5.33. The van der Waals surface area contributed by atoms with Gasteiger partial charge in [0, 0.05) is 32.4 Å². The van der Waals surface area contributed by atoms with Crippen molar-refractivity contribution in [2.75, 3.05) is 6.61 Å². The molecule has 1 aromatic carbocycles. The molecule has 124 valence electrons. The van der Waals surface area contributed by atoms with Gasteiger partial charge in [0.05, 0.1) is 23.3 Å². The van der Waals surface area contributed by atoms with Crippen molar-refractivity contribution >= 4 is 0 Å². The van der Waals surface area contributed by atoms with Crippen molar-refractivity contribution in [1.29, 1.82) is 0 Å². The number of benzene rings is 1. The molecule has 2 atom stereocenters. The molecule has 3 aromatic rings. The van der Waals surface area contributed by atoms with E-state index in [0.29, 0.717) is 6.54 Å². The minimum absolute atomic E-state index is 0.0195. The van der Waals surface area contributed by atoms with Gasteiger partial charge in [-0.3, -0.25) is 4.68 Å². The lowest BCUT2D eigenvalue weighted by atomic mass is 10.1. The van der Waals surface area contributed by atoms with Gasteiger partial charge in [0.2, 0.25) is 0 Å². The van der Waals surface area contributed by atoms with Crippen molar-refractivity contribution in [3.8, 4) is 5.69 Å². The zero-order valence-electron chi connectivity index (χ0n) is 13.5. The number of aromatic nitrogens is 5. The van der Waals surface area contributed by atoms with Gasteiger partial charge in [0.1, 0.15) is 6.10 Å². The van der Waals surface area contributed by atoms with Gasteiger partial charge in [-0.25, -0.2) is 4.68 Å². The Morgan fingerprint density at radius 2 is 2.12 bits per heavy atom. The van der Waals surface area contributed by atoms with Crippen LogP contribution in [0.2, 0.25) is 0 Å². The molecule has 3 heterocycles. The van der Waals surface area contributed by atoms with Crippen LogP contribution in [0.15, 0.2) is 48.8 Å². The smallest absolute Gasteiger partial charge is 0.115 e. The van der Waals surface area contributed by atoms with Crippen LogP contribution >= 0.6 is 0 Å². The fourth-order valence-electron chi connectivity index (χ4n) is 3.11. The van der Waals surface area contributed by atoms with Gasteiger partial charge in [-0.05, 0) is 24.6 Å². The lowest BCUT2D eigenvalue weighted by Gasteiger charge is -2.21. The molecule has 7 heteroatoms. The molecule has 1 N–H and O–H groups in total. The first kappa shape index (κ1) is 15.0. The van der Waals surface area contributed by atoms with Gasteiger partial charge in [-0.2, -0.15) is 5.10 Å². The van der Waals surface area contributed by atoms with E-state index in [1.165, 1.54) is 0 Å². The standard InChI is InChI=1S/C17H20N6O/c1-22-14(12-19-21-22)11-18-15-8-10-24-17(15)16-7-9-20-23(16)13-5-3-2-4-6-13/h2-7,9,12,15,17-18H,8,10-11H2,1H3/t15-,17-/m0/s1. The molecule has 0 amide bonds. The summed E-state index contributed by atoms with van der Waals surface area (Å²) in [6.45, 7) is 1.46. The van der Waals surface area contributed by atoms with Crippen LogP contribution in [0.3, 0.4) is 0 Å². The largest absolute Gasteiger partial charge is 0.370 e. The summed E-state index contributed by atoms with van der Waals surface area (Å²) in [5.41, 5.74) is 3.17. The second-order valence-corrected chi connectivity index (χ2v) is 5.92. The fraction of sp³-hybridized carbons (Fsp3) is 0.353. The average Bonchev–Trinajstić information content (AvgIpc) is 3.34. The monoisotopic (exact) mass is 324 g/mol. The van der Waals surface area contributed by atoms with E-state index in [2.05, 4.69) is 32.9 Å². The second-order valence-electron chi connectivity index (χ2n) is 5.92. The summed E-state index contributed by atoms with van der Waals surface area (Å²) in [4.78, 5) is 0. The molecule has 1 saturated heterocycles. The molecule has 2 aromatic heterocycles. The molecule has 0 unspecified atom stereocenters.